The number of aromatic nitrogens is 1. The summed E-state index contributed by atoms with van der Waals surface area (Å²) in [6.07, 6.45) is 2.62. The van der Waals surface area contributed by atoms with Gasteiger partial charge in [-0.1, -0.05) is 46.3 Å². The predicted octanol–water partition coefficient (Wildman–Crippen LogP) is 5.69. The Labute approximate surface area is 192 Å². The third kappa shape index (κ3) is 7.26. The highest BCUT2D eigenvalue weighted by molar-refractivity contribution is 9.10. The molecular formula is C25H29BrN2O3. The van der Waals surface area contributed by atoms with Crippen molar-refractivity contribution in [1.29, 1.82) is 0 Å². The largest absolute Gasteiger partial charge is 0.490 e. The van der Waals surface area contributed by atoms with Crippen molar-refractivity contribution in [2.24, 2.45) is 0 Å². The fourth-order valence-corrected chi connectivity index (χ4v) is 3.51. The van der Waals surface area contributed by atoms with Gasteiger partial charge in [0.15, 0.2) is 11.5 Å². The number of hydrogen-bond donors (Lipinski definition) is 1. The van der Waals surface area contributed by atoms with Crippen molar-refractivity contribution in [3.63, 3.8) is 0 Å². The minimum atomic E-state index is 0.507. The van der Waals surface area contributed by atoms with Gasteiger partial charge in [0, 0.05) is 23.3 Å². The smallest absolute Gasteiger partial charge is 0.213 e. The highest BCUT2D eigenvalue weighted by Crippen LogP contribution is 2.34. The molecule has 6 heteroatoms. The van der Waals surface area contributed by atoms with Crippen LogP contribution in [0.15, 0.2) is 65.3 Å². The molecule has 164 valence electrons. The van der Waals surface area contributed by atoms with Crippen molar-refractivity contribution in [1.82, 2.24) is 10.3 Å². The number of rotatable bonds is 12. The fourth-order valence-electron chi connectivity index (χ4n) is 3.05. The summed E-state index contributed by atoms with van der Waals surface area (Å²) < 4.78 is 18.6. The average Bonchev–Trinajstić information content (AvgIpc) is 2.78. The minimum absolute atomic E-state index is 0.507. The van der Waals surface area contributed by atoms with E-state index in [1.54, 1.807) is 6.20 Å². The molecule has 0 spiro atoms. The van der Waals surface area contributed by atoms with Crippen LogP contribution in [-0.4, -0.2) is 24.7 Å². The van der Waals surface area contributed by atoms with Gasteiger partial charge in [-0.3, -0.25) is 0 Å². The molecule has 0 amide bonds. The Kier molecular flexibility index (Phi) is 9.18. The Morgan fingerprint density at radius 1 is 0.935 bits per heavy atom. The number of nitrogens with one attached hydrogen (secondary N) is 1. The average molecular weight is 485 g/mol. The number of aryl methyl sites for hydroxylation is 1. The number of ether oxygens (including phenoxy) is 3. The molecule has 3 rings (SSSR count). The van der Waals surface area contributed by atoms with Crippen LogP contribution in [0.2, 0.25) is 0 Å². The molecule has 31 heavy (non-hydrogen) atoms. The number of nitrogens with zero attached hydrogens (tertiary/aromatic N) is 1. The van der Waals surface area contributed by atoms with E-state index in [1.165, 1.54) is 11.1 Å². The van der Waals surface area contributed by atoms with Crippen LogP contribution < -0.4 is 19.5 Å². The maximum absolute atomic E-state index is 6.09. The first-order valence-electron chi connectivity index (χ1n) is 10.5. The minimum Gasteiger partial charge on any atom is -0.490 e. The maximum atomic E-state index is 6.09. The molecule has 0 saturated heterocycles. The summed E-state index contributed by atoms with van der Waals surface area (Å²) in [6, 6.07) is 17.9. The molecule has 0 aliphatic carbocycles. The van der Waals surface area contributed by atoms with Crippen molar-refractivity contribution >= 4 is 15.9 Å². The van der Waals surface area contributed by atoms with Gasteiger partial charge in [-0.2, -0.15) is 0 Å². The highest BCUT2D eigenvalue weighted by atomic mass is 79.9. The van der Waals surface area contributed by atoms with E-state index in [1.807, 2.05) is 49.4 Å². The van der Waals surface area contributed by atoms with Gasteiger partial charge in [0.2, 0.25) is 5.88 Å². The molecule has 3 aromatic rings. The van der Waals surface area contributed by atoms with Crippen LogP contribution >= 0.6 is 15.9 Å². The van der Waals surface area contributed by atoms with Gasteiger partial charge < -0.3 is 19.5 Å². The molecule has 0 radical (unpaired) electrons. The Balaban J connectivity index is 1.52. The molecule has 0 aliphatic heterocycles. The van der Waals surface area contributed by atoms with Gasteiger partial charge in [-0.15, -0.1) is 0 Å². The second kappa shape index (κ2) is 12.3. The zero-order valence-corrected chi connectivity index (χ0v) is 19.7. The molecule has 2 aromatic carbocycles. The van der Waals surface area contributed by atoms with Crippen molar-refractivity contribution < 1.29 is 14.2 Å². The normalized spacial score (nSPS) is 10.7. The van der Waals surface area contributed by atoms with E-state index < -0.39 is 0 Å². The van der Waals surface area contributed by atoms with E-state index in [2.05, 4.69) is 45.3 Å². The molecule has 5 nitrogen and oxygen atoms in total. The summed E-state index contributed by atoms with van der Waals surface area (Å²) in [5.41, 5.74) is 3.50. The van der Waals surface area contributed by atoms with Gasteiger partial charge in [-0.05, 0) is 61.7 Å². The van der Waals surface area contributed by atoms with Crippen molar-refractivity contribution in [2.75, 3.05) is 19.8 Å². The lowest BCUT2D eigenvalue weighted by Gasteiger charge is -2.16. The Morgan fingerprint density at radius 2 is 1.74 bits per heavy atom. The molecule has 0 atom stereocenters. The van der Waals surface area contributed by atoms with Crippen LogP contribution in [0.4, 0.5) is 0 Å². The van der Waals surface area contributed by atoms with E-state index in [0.29, 0.717) is 25.7 Å². The number of benzene rings is 2. The standard InChI is InChI=1S/C25H29BrN2O3/c1-3-29-23-15-21(17-27-12-8-14-30-25-11-6-7-13-28-25)22(26)16-24(23)31-18-20-10-5-4-9-19(20)2/h4-7,9-11,13,15-16,27H,3,8,12,14,17-18H2,1-2H3. The van der Waals surface area contributed by atoms with Gasteiger partial charge in [-0.25, -0.2) is 4.98 Å². The molecule has 0 fully saturated rings. The van der Waals surface area contributed by atoms with Gasteiger partial charge in [0.05, 0.1) is 13.2 Å². The first kappa shape index (κ1) is 23.1. The van der Waals surface area contributed by atoms with E-state index in [4.69, 9.17) is 14.2 Å². The lowest BCUT2D eigenvalue weighted by molar-refractivity contribution is 0.268. The molecule has 0 bridgehead atoms. The first-order chi connectivity index (χ1) is 15.2. The summed E-state index contributed by atoms with van der Waals surface area (Å²) in [5, 5.41) is 3.46. The second-order valence-electron chi connectivity index (χ2n) is 7.09. The summed E-state index contributed by atoms with van der Waals surface area (Å²) in [5.74, 6) is 2.16. The van der Waals surface area contributed by atoms with Gasteiger partial charge in [0.25, 0.3) is 0 Å². The Bertz CT molecular complexity index is 951. The topological polar surface area (TPSA) is 52.6 Å². The molecule has 0 unspecified atom stereocenters. The number of hydrogen-bond acceptors (Lipinski definition) is 5. The van der Waals surface area contributed by atoms with E-state index in [9.17, 15) is 0 Å². The lowest BCUT2D eigenvalue weighted by atomic mass is 10.1. The quantitative estimate of drug-likeness (QED) is 0.334. The maximum Gasteiger partial charge on any atom is 0.213 e. The lowest BCUT2D eigenvalue weighted by Crippen LogP contribution is -2.17. The highest BCUT2D eigenvalue weighted by Gasteiger charge is 2.12. The van der Waals surface area contributed by atoms with Crippen LogP contribution in [0.1, 0.15) is 30.0 Å². The number of pyridine rings is 1. The van der Waals surface area contributed by atoms with Crippen LogP contribution in [0.5, 0.6) is 17.4 Å². The third-order valence-corrected chi connectivity index (χ3v) is 5.50. The second-order valence-corrected chi connectivity index (χ2v) is 7.94. The molecule has 1 heterocycles. The van der Waals surface area contributed by atoms with Crippen LogP contribution in [0.25, 0.3) is 0 Å². The number of halogens is 1. The Morgan fingerprint density at radius 3 is 2.52 bits per heavy atom. The molecular weight excluding hydrogens is 456 g/mol. The SMILES string of the molecule is CCOc1cc(CNCCCOc2ccccn2)c(Br)cc1OCc1ccccc1C. The molecule has 1 aromatic heterocycles. The first-order valence-corrected chi connectivity index (χ1v) is 11.3. The van der Waals surface area contributed by atoms with Crippen molar-refractivity contribution in [3.05, 3.63) is 82.0 Å². The zero-order valence-electron chi connectivity index (χ0n) is 18.1. The Hall–Kier alpha value is -2.57. The molecule has 1 N–H and O–H groups in total. The molecule has 0 saturated carbocycles. The zero-order chi connectivity index (χ0) is 21.9. The predicted molar refractivity (Wildman–Crippen MR) is 127 cm³/mol. The van der Waals surface area contributed by atoms with E-state index in [-0.39, 0.29) is 0 Å². The van der Waals surface area contributed by atoms with Gasteiger partial charge in [0.1, 0.15) is 6.61 Å². The monoisotopic (exact) mass is 484 g/mol. The summed E-state index contributed by atoms with van der Waals surface area (Å²) in [7, 11) is 0. The van der Waals surface area contributed by atoms with Gasteiger partial charge >= 0.3 is 0 Å². The van der Waals surface area contributed by atoms with Crippen molar-refractivity contribution in [2.45, 2.75) is 33.4 Å². The summed E-state index contributed by atoms with van der Waals surface area (Å²) in [4.78, 5) is 4.16. The molecule has 0 aliphatic rings. The third-order valence-electron chi connectivity index (χ3n) is 4.76. The summed E-state index contributed by atoms with van der Waals surface area (Å²) in [6.45, 7) is 7.35. The van der Waals surface area contributed by atoms with Crippen LogP contribution in [-0.2, 0) is 13.2 Å². The van der Waals surface area contributed by atoms with Crippen LogP contribution in [0.3, 0.4) is 0 Å². The van der Waals surface area contributed by atoms with E-state index >= 15 is 0 Å². The van der Waals surface area contributed by atoms with E-state index in [0.717, 1.165) is 41.0 Å². The van der Waals surface area contributed by atoms with Crippen LogP contribution in [0, 0.1) is 6.92 Å². The fraction of sp³-hybridized carbons (Fsp3) is 0.320. The summed E-state index contributed by atoms with van der Waals surface area (Å²) >= 11 is 3.68. The van der Waals surface area contributed by atoms with Crippen molar-refractivity contribution in [3.8, 4) is 17.4 Å².